The molecule has 0 saturated carbocycles. The number of halogens is 1. The van der Waals surface area contributed by atoms with E-state index in [-0.39, 0.29) is 5.50 Å². The van der Waals surface area contributed by atoms with Gasteiger partial charge in [-0.3, -0.25) is 0 Å². The van der Waals surface area contributed by atoms with Crippen LogP contribution in [0.3, 0.4) is 0 Å². The molecule has 5 rings (SSSR count). The summed E-state index contributed by atoms with van der Waals surface area (Å²) in [5, 5.41) is 8.69. The molecule has 3 aliphatic heterocycles. The number of hydrogen-bond donors (Lipinski definition) is 0. The van der Waals surface area contributed by atoms with Gasteiger partial charge in [0, 0.05) is 32.7 Å². The Kier molecular flexibility index (Phi) is 4.99. The van der Waals surface area contributed by atoms with Gasteiger partial charge in [0.2, 0.25) is 0 Å². The van der Waals surface area contributed by atoms with Gasteiger partial charge in [0.25, 0.3) is 0 Å². The zero-order valence-corrected chi connectivity index (χ0v) is 17.2. The maximum atomic E-state index is 6.93. The molecule has 3 aliphatic rings. The molecule has 4 heterocycles. The molecule has 0 amide bonds. The van der Waals surface area contributed by atoms with Crippen molar-refractivity contribution in [1.82, 2.24) is 29.2 Å². The number of benzene rings is 1. The molecule has 27 heavy (non-hydrogen) atoms. The molecular weight excluding hydrogens is 383 g/mol. The van der Waals surface area contributed by atoms with Crippen LogP contribution in [-0.4, -0.2) is 67.4 Å². The van der Waals surface area contributed by atoms with E-state index in [0.717, 1.165) is 56.6 Å². The topological polar surface area (TPSA) is 49.7 Å². The first-order chi connectivity index (χ1) is 13.3. The van der Waals surface area contributed by atoms with Crippen LogP contribution >= 0.6 is 19.5 Å². The zero-order valence-electron chi connectivity index (χ0n) is 15.6. The minimum atomic E-state index is -2.26. The van der Waals surface area contributed by atoms with E-state index >= 15 is 0 Å². The van der Waals surface area contributed by atoms with Gasteiger partial charge < -0.3 is 0 Å². The van der Waals surface area contributed by atoms with Crippen LogP contribution < -0.4 is 4.62 Å². The number of nitrogens with zero attached hydrogens (tertiary/aromatic N) is 6. The van der Waals surface area contributed by atoms with Crippen LogP contribution in [0.5, 0.6) is 0 Å². The molecule has 3 saturated heterocycles. The second kappa shape index (κ2) is 7.45. The van der Waals surface area contributed by atoms with Crippen molar-refractivity contribution in [3.63, 3.8) is 0 Å². The summed E-state index contributed by atoms with van der Waals surface area (Å²) < 4.78 is 14.5. The molecule has 3 fully saturated rings. The highest BCUT2D eigenvalue weighted by atomic mass is 35.5. The minimum Gasteiger partial charge on any atom is -0.183 e. The summed E-state index contributed by atoms with van der Waals surface area (Å²) in [7, 11) is -2.26. The summed E-state index contributed by atoms with van der Waals surface area (Å²) in [4.78, 5) is 1.67. The van der Waals surface area contributed by atoms with E-state index in [9.17, 15) is 0 Å². The molecule has 1 unspecified atom stereocenters. The number of para-hydroxylation sites is 1. The first-order valence-corrected chi connectivity index (χ1v) is 12.1. The van der Waals surface area contributed by atoms with Gasteiger partial charge in [0.05, 0.1) is 0 Å². The largest absolute Gasteiger partial charge is 0.452 e. The molecular formula is C18H27ClN6OP+. The first-order valence-electron chi connectivity index (χ1n) is 10.1. The molecule has 1 aromatic heterocycles. The van der Waals surface area contributed by atoms with Gasteiger partial charge in [-0.15, -0.1) is 26.0 Å². The fourth-order valence-electron chi connectivity index (χ4n) is 4.59. The van der Waals surface area contributed by atoms with E-state index in [1.165, 1.54) is 25.7 Å². The van der Waals surface area contributed by atoms with Gasteiger partial charge in [0.15, 0.2) is 0 Å². The normalized spacial score (nSPS) is 25.7. The summed E-state index contributed by atoms with van der Waals surface area (Å²) in [6.45, 7) is 5.25. The van der Waals surface area contributed by atoms with Crippen LogP contribution in [0.15, 0.2) is 24.3 Å². The predicted molar refractivity (Wildman–Crippen MR) is 108 cm³/mol. The van der Waals surface area contributed by atoms with Gasteiger partial charge in [-0.2, -0.15) is 4.62 Å². The first kappa shape index (κ1) is 18.1. The maximum absolute atomic E-state index is 6.93. The van der Waals surface area contributed by atoms with Crippen molar-refractivity contribution in [2.45, 2.75) is 44.0 Å². The molecule has 1 atom stereocenters. The second-order valence-electron chi connectivity index (χ2n) is 7.61. The molecule has 0 spiro atoms. The Morgan fingerprint density at radius 1 is 0.926 bits per heavy atom. The van der Waals surface area contributed by atoms with E-state index in [1.807, 2.05) is 24.3 Å². The molecule has 7 nitrogen and oxygen atoms in total. The van der Waals surface area contributed by atoms with Gasteiger partial charge in [-0.05, 0) is 60.7 Å². The van der Waals surface area contributed by atoms with E-state index in [1.54, 1.807) is 4.85 Å². The summed E-state index contributed by atoms with van der Waals surface area (Å²) in [5.41, 5.74) is 1.81. The molecule has 0 bridgehead atoms. The quantitative estimate of drug-likeness (QED) is 0.428. The second-order valence-corrected chi connectivity index (χ2v) is 10.9. The highest BCUT2D eigenvalue weighted by Gasteiger charge is 2.65. The summed E-state index contributed by atoms with van der Waals surface area (Å²) in [6.07, 6.45) is 7.02. The van der Waals surface area contributed by atoms with Gasteiger partial charge in [-0.25, -0.2) is 0 Å². The Morgan fingerprint density at radius 2 is 1.59 bits per heavy atom. The van der Waals surface area contributed by atoms with Crippen molar-refractivity contribution in [3.05, 3.63) is 24.3 Å². The standard InChI is InChI=1S/C18H27ClN6OP/c19-18-10-7-15-24(18)27(22-11-3-4-12-22,23-13-5-6-14-23)26-25-17-9-2-1-8-16(17)20-21-25/h1-2,8-9,18H,3-7,10-15H2/q+1. The Balaban J connectivity index is 1.61. The molecule has 0 radical (unpaired) electrons. The van der Waals surface area contributed by atoms with E-state index in [2.05, 4.69) is 24.3 Å². The summed E-state index contributed by atoms with van der Waals surface area (Å²) >= 11 is 6.85. The molecule has 9 heteroatoms. The van der Waals surface area contributed by atoms with Crippen molar-refractivity contribution >= 4 is 30.6 Å². The van der Waals surface area contributed by atoms with E-state index < -0.39 is 7.94 Å². The predicted octanol–water partition coefficient (Wildman–Crippen LogP) is 3.39. The Labute approximate surface area is 165 Å². The smallest absolute Gasteiger partial charge is 0.183 e. The monoisotopic (exact) mass is 409 g/mol. The van der Waals surface area contributed by atoms with Crippen molar-refractivity contribution in [2.24, 2.45) is 0 Å². The van der Waals surface area contributed by atoms with Crippen LogP contribution in [0.25, 0.3) is 11.0 Å². The molecule has 1 aromatic carbocycles. The zero-order chi connectivity index (χ0) is 18.3. The lowest BCUT2D eigenvalue weighted by atomic mass is 10.3. The molecule has 0 aliphatic carbocycles. The van der Waals surface area contributed by atoms with Crippen molar-refractivity contribution in [3.8, 4) is 0 Å². The lowest BCUT2D eigenvalue weighted by Crippen LogP contribution is -2.48. The van der Waals surface area contributed by atoms with Crippen LogP contribution in [0.1, 0.15) is 38.5 Å². The molecule has 2 aromatic rings. The Morgan fingerprint density at radius 3 is 2.22 bits per heavy atom. The lowest BCUT2D eigenvalue weighted by Gasteiger charge is -2.40. The fraction of sp³-hybridized carbons (Fsp3) is 0.667. The maximum Gasteiger partial charge on any atom is 0.452 e. The van der Waals surface area contributed by atoms with E-state index in [0.29, 0.717) is 0 Å². The number of aromatic nitrogens is 3. The van der Waals surface area contributed by atoms with Crippen LogP contribution in [0, 0.1) is 0 Å². The highest BCUT2D eigenvalue weighted by molar-refractivity contribution is 7.64. The number of fused-ring (bicyclic) bond motifs is 1. The number of rotatable bonds is 5. The molecule has 0 N–H and O–H groups in total. The highest BCUT2D eigenvalue weighted by Crippen LogP contribution is 2.70. The van der Waals surface area contributed by atoms with Gasteiger partial charge in [0.1, 0.15) is 16.5 Å². The average Bonchev–Trinajstić information content (AvgIpc) is 3.47. The van der Waals surface area contributed by atoms with Crippen molar-refractivity contribution in [1.29, 1.82) is 0 Å². The SMILES string of the molecule is ClC1CCCN1[P+](On1nnc2ccccc21)(N1CCCC1)N1CCCC1. The van der Waals surface area contributed by atoms with E-state index in [4.69, 9.17) is 16.2 Å². The Bertz CT molecular complexity index is 775. The minimum absolute atomic E-state index is 0.0225. The van der Waals surface area contributed by atoms with Crippen molar-refractivity contribution < 1.29 is 4.62 Å². The number of hydrogen-bond acceptors (Lipinski definition) is 6. The average molecular weight is 410 g/mol. The number of alkyl halides is 1. The van der Waals surface area contributed by atoms with Crippen molar-refractivity contribution in [2.75, 3.05) is 32.7 Å². The third kappa shape index (κ3) is 3.04. The fourth-order valence-corrected chi connectivity index (χ4v) is 9.27. The van der Waals surface area contributed by atoms with Gasteiger partial charge >= 0.3 is 7.94 Å². The molecule has 146 valence electrons. The lowest BCUT2D eigenvalue weighted by molar-refractivity contribution is 0.166. The summed E-state index contributed by atoms with van der Waals surface area (Å²) in [6, 6.07) is 8.01. The third-order valence-corrected chi connectivity index (χ3v) is 10.3. The van der Waals surface area contributed by atoms with Gasteiger partial charge in [-0.1, -0.05) is 16.8 Å². The van der Waals surface area contributed by atoms with Crippen LogP contribution in [-0.2, 0) is 0 Å². The Hall–Kier alpha value is -0.980. The third-order valence-electron chi connectivity index (χ3n) is 5.90. The summed E-state index contributed by atoms with van der Waals surface area (Å²) in [5.74, 6) is 0. The van der Waals surface area contributed by atoms with Crippen LogP contribution in [0.2, 0.25) is 0 Å². The van der Waals surface area contributed by atoms with Crippen LogP contribution in [0.4, 0.5) is 0 Å².